The molecule has 10 nitrogen and oxygen atoms in total. The fourth-order valence-corrected chi connectivity index (χ4v) is 3.69. The van der Waals surface area contributed by atoms with Crippen LogP contribution in [0.15, 0.2) is 95.6 Å². The third-order valence-corrected chi connectivity index (χ3v) is 5.44. The Balaban J connectivity index is 1.62. The van der Waals surface area contributed by atoms with Gasteiger partial charge in [0.15, 0.2) is 11.4 Å². The summed E-state index contributed by atoms with van der Waals surface area (Å²) in [7, 11) is 0. The molecule has 0 saturated carbocycles. The lowest BCUT2D eigenvalue weighted by molar-refractivity contribution is -0.278. The zero-order valence-corrected chi connectivity index (χ0v) is 21.3. The van der Waals surface area contributed by atoms with Gasteiger partial charge in [0, 0.05) is 5.56 Å². The Morgan fingerprint density at radius 2 is 1.49 bits per heavy atom. The molecule has 10 heteroatoms. The van der Waals surface area contributed by atoms with E-state index in [1.54, 1.807) is 80.6 Å². The SMILES string of the molecule is CCOC(=O)C1=NN(c2ccccc2)C(=O)/C1=C/C=C/C=C/c1c(C(=O)OCC)nn(-c2ccccc2)c1[O-]. The van der Waals surface area contributed by atoms with Gasteiger partial charge in [0.25, 0.3) is 5.91 Å². The number of amides is 1. The number of esters is 2. The van der Waals surface area contributed by atoms with Gasteiger partial charge in [0.05, 0.1) is 30.2 Å². The van der Waals surface area contributed by atoms with E-state index >= 15 is 0 Å². The van der Waals surface area contributed by atoms with Crippen molar-refractivity contribution < 1.29 is 29.0 Å². The first-order chi connectivity index (χ1) is 19.0. The van der Waals surface area contributed by atoms with Crippen LogP contribution in [0.2, 0.25) is 0 Å². The maximum absolute atomic E-state index is 13.1. The van der Waals surface area contributed by atoms with Gasteiger partial charge in [0.1, 0.15) is 0 Å². The summed E-state index contributed by atoms with van der Waals surface area (Å²) in [4.78, 5) is 38.0. The molecule has 0 saturated heterocycles. The van der Waals surface area contributed by atoms with E-state index in [9.17, 15) is 19.5 Å². The van der Waals surface area contributed by atoms with E-state index in [-0.39, 0.29) is 35.8 Å². The van der Waals surface area contributed by atoms with Crippen molar-refractivity contribution in [2.45, 2.75) is 13.8 Å². The van der Waals surface area contributed by atoms with E-state index in [0.29, 0.717) is 11.4 Å². The average Bonchev–Trinajstić information content (AvgIpc) is 3.46. The summed E-state index contributed by atoms with van der Waals surface area (Å²) in [5.41, 5.74) is 0.874. The molecule has 0 unspecified atom stereocenters. The molecule has 1 aliphatic rings. The average molecular weight is 526 g/mol. The third kappa shape index (κ3) is 5.85. The van der Waals surface area contributed by atoms with Gasteiger partial charge >= 0.3 is 11.9 Å². The lowest BCUT2D eigenvalue weighted by Crippen LogP contribution is -2.22. The highest BCUT2D eigenvalue weighted by molar-refractivity contribution is 6.53. The van der Waals surface area contributed by atoms with Crippen molar-refractivity contribution in [2.24, 2.45) is 5.10 Å². The highest BCUT2D eigenvalue weighted by atomic mass is 16.5. The summed E-state index contributed by atoms with van der Waals surface area (Å²) in [5, 5.41) is 22.5. The monoisotopic (exact) mass is 525 g/mol. The van der Waals surface area contributed by atoms with E-state index in [1.165, 1.54) is 24.3 Å². The lowest BCUT2D eigenvalue weighted by atomic mass is 10.1. The molecule has 0 bridgehead atoms. The molecule has 4 rings (SSSR count). The summed E-state index contributed by atoms with van der Waals surface area (Å²) < 4.78 is 11.3. The predicted octanol–water partition coefficient (Wildman–Crippen LogP) is 3.58. The van der Waals surface area contributed by atoms with Gasteiger partial charge < -0.3 is 14.6 Å². The summed E-state index contributed by atoms with van der Waals surface area (Å²) in [6.45, 7) is 3.57. The number of aromatic nitrogens is 2. The second kappa shape index (κ2) is 12.3. The number of carbonyl (C=O) groups excluding carboxylic acids is 3. The number of benzene rings is 2. The van der Waals surface area contributed by atoms with Crippen LogP contribution in [0.3, 0.4) is 0 Å². The molecule has 1 amide bonds. The van der Waals surface area contributed by atoms with Crippen molar-refractivity contribution in [2.75, 3.05) is 18.2 Å². The number of carbonyl (C=O) groups is 3. The molecule has 1 aromatic heterocycles. The topological polar surface area (TPSA) is 126 Å². The largest absolute Gasteiger partial charge is 0.858 e. The van der Waals surface area contributed by atoms with Crippen molar-refractivity contribution in [1.29, 1.82) is 0 Å². The fourth-order valence-electron chi connectivity index (χ4n) is 3.69. The second-order valence-electron chi connectivity index (χ2n) is 7.98. The molecule has 0 spiro atoms. The Labute approximate surface area is 224 Å². The second-order valence-corrected chi connectivity index (χ2v) is 7.98. The van der Waals surface area contributed by atoms with Crippen molar-refractivity contribution in [3.8, 4) is 11.6 Å². The van der Waals surface area contributed by atoms with Crippen molar-refractivity contribution in [3.63, 3.8) is 0 Å². The number of para-hydroxylation sites is 2. The van der Waals surface area contributed by atoms with Crippen molar-refractivity contribution >= 4 is 35.3 Å². The third-order valence-electron chi connectivity index (χ3n) is 5.44. The maximum atomic E-state index is 13.1. The van der Waals surface area contributed by atoms with E-state index in [2.05, 4.69) is 10.2 Å². The number of allylic oxidation sites excluding steroid dienone is 4. The molecule has 39 heavy (non-hydrogen) atoms. The quantitative estimate of drug-likeness (QED) is 0.237. The summed E-state index contributed by atoms with van der Waals surface area (Å²) in [6.07, 6.45) is 7.45. The number of hydrazone groups is 1. The lowest BCUT2D eigenvalue weighted by Gasteiger charge is -2.11. The minimum Gasteiger partial charge on any atom is -0.858 e. The molecule has 0 atom stereocenters. The smallest absolute Gasteiger partial charge is 0.359 e. The van der Waals surface area contributed by atoms with Crippen LogP contribution in [0.4, 0.5) is 5.69 Å². The van der Waals surface area contributed by atoms with Crippen LogP contribution < -0.4 is 10.1 Å². The summed E-state index contributed by atoms with van der Waals surface area (Å²) in [6, 6.07) is 17.4. The van der Waals surface area contributed by atoms with E-state index < -0.39 is 23.7 Å². The van der Waals surface area contributed by atoms with Crippen LogP contribution in [0.1, 0.15) is 29.9 Å². The Morgan fingerprint density at radius 1 is 0.872 bits per heavy atom. The number of hydrogen-bond donors (Lipinski definition) is 0. The number of ether oxygens (including phenoxy) is 2. The zero-order chi connectivity index (χ0) is 27.8. The predicted molar refractivity (Wildman–Crippen MR) is 143 cm³/mol. The molecule has 1 aliphatic heterocycles. The molecule has 0 N–H and O–H groups in total. The first-order valence-electron chi connectivity index (χ1n) is 12.2. The molecule has 2 aromatic carbocycles. The first-order valence-corrected chi connectivity index (χ1v) is 12.2. The van der Waals surface area contributed by atoms with E-state index in [4.69, 9.17) is 9.47 Å². The Kier molecular flexibility index (Phi) is 8.47. The maximum Gasteiger partial charge on any atom is 0.359 e. The van der Waals surface area contributed by atoms with Crippen LogP contribution in [0, 0.1) is 0 Å². The normalized spacial score (nSPS) is 14.4. The van der Waals surface area contributed by atoms with Crippen molar-refractivity contribution in [1.82, 2.24) is 9.78 Å². The van der Waals surface area contributed by atoms with Crippen LogP contribution in [0.25, 0.3) is 11.8 Å². The van der Waals surface area contributed by atoms with Crippen LogP contribution in [-0.2, 0) is 19.1 Å². The number of rotatable bonds is 9. The minimum absolute atomic E-state index is 0.0515. The Bertz CT molecular complexity index is 1490. The van der Waals surface area contributed by atoms with Gasteiger partial charge in [-0.1, -0.05) is 60.7 Å². The number of nitrogens with zero attached hydrogens (tertiary/aromatic N) is 4. The zero-order valence-electron chi connectivity index (χ0n) is 21.3. The minimum atomic E-state index is -0.720. The van der Waals surface area contributed by atoms with Gasteiger partial charge in [-0.25, -0.2) is 14.3 Å². The Hall–Kier alpha value is -5.25. The van der Waals surface area contributed by atoms with Crippen LogP contribution >= 0.6 is 0 Å². The Morgan fingerprint density at radius 3 is 2.13 bits per heavy atom. The number of hydrogen-bond acceptors (Lipinski definition) is 8. The van der Waals surface area contributed by atoms with Gasteiger partial charge in [-0.05, 0) is 50.1 Å². The van der Waals surface area contributed by atoms with E-state index in [0.717, 1.165) is 9.69 Å². The summed E-state index contributed by atoms with van der Waals surface area (Å²) in [5.74, 6) is -2.42. The highest BCUT2D eigenvalue weighted by Crippen LogP contribution is 2.26. The fraction of sp³-hybridized carbons (Fsp3) is 0.138. The molecule has 0 fully saturated rings. The van der Waals surface area contributed by atoms with Crippen LogP contribution in [-0.4, -0.2) is 46.6 Å². The van der Waals surface area contributed by atoms with Gasteiger partial charge in [-0.2, -0.15) is 15.2 Å². The van der Waals surface area contributed by atoms with Gasteiger partial charge in [0.2, 0.25) is 0 Å². The van der Waals surface area contributed by atoms with E-state index in [1.807, 2.05) is 0 Å². The molecular weight excluding hydrogens is 500 g/mol. The molecule has 0 radical (unpaired) electrons. The van der Waals surface area contributed by atoms with Gasteiger partial charge in [-0.3, -0.25) is 4.79 Å². The number of anilines is 1. The molecule has 2 heterocycles. The molecule has 198 valence electrons. The van der Waals surface area contributed by atoms with Crippen molar-refractivity contribution in [3.05, 3.63) is 102 Å². The van der Waals surface area contributed by atoms with Gasteiger partial charge in [-0.15, -0.1) is 0 Å². The molecule has 3 aromatic rings. The summed E-state index contributed by atoms with van der Waals surface area (Å²) >= 11 is 0. The first kappa shape index (κ1) is 26.8. The molecular formula is C29H25N4O6-. The molecule has 0 aliphatic carbocycles. The highest BCUT2D eigenvalue weighted by Gasteiger charge is 2.35. The standard InChI is InChI=1S/C29H26N4O6/c1-3-38-28(36)24-22(26(34)32(30-24)20-14-8-5-9-15-20)18-12-7-13-19-23-25(29(37)39-4-2)31-33(27(23)35)21-16-10-6-11-17-21/h5-19,34H,3-4H2,1-2H3/p-1/b13-7+,18-12+,23-19+. The van der Waals surface area contributed by atoms with Crippen LogP contribution in [0.5, 0.6) is 5.88 Å².